The Balaban J connectivity index is 2.75. The zero-order valence-electron chi connectivity index (χ0n) is 11.4. The predicted molar refractivity (Wildman–Crippen MR) is 76.0 cm³/mol. The molecule has 0 saturated carbocycles. The Morgan fingerprint density at radius 1 is 1.42 bits per heavy atom. The van der Waals surface area contributed by atoms with E-state index in [0.29, 0.717) is 0 Å². The van der Waals surface area contributed by atoms with Gasteiger partial charge in [-0.2, -0.15) is 0 Å². The summed E-state index contributed by atoms with van der Waals surface area (Å²) in [5, 5.41) is -0.0696. The zero-order chi connectivity index (χ0) is 14.3. The van der Waals surface area contributed by atoms with Gasteiger partial charge in [0.25, 0.3) is 10.0 Å². The van der Waals surface area contributed by atoms with Gasteiger partial charge in [0.1, 0.15) is 0 Å². The van der Waals surface area contributed by atoms with Crippen LogP contribution in [0, 0.1) is 0 Å². The molecule has 0 amide bonds. The van der Waals surface area contributed by atoms with Crippen LogP contribution in [-0.4, -0.2) is 19.4 Å². The summed E-state index contributed by atoms with van der Waals surface area (Å²) in [4.78, 5) is 3.88. The summed E-state index contributed by atoms with van der Waals surface area (Å²) in [5.74, 6) is 5.29. The van der Waals surface area contributed by atoms with Crippen LogP contribution in [0.1, 0.15) is 39.5 Å². The lowest BCUT2D eigenvalue weighted by Crippen LogP contribution is -2.33. The van der Waals surface area contributed by atoms with Gasteiger partial charge in [0.2, 0.25) is 0 Å². The third-order valence-electron chi connectivity index (χ3n) is 2.78. The van der Waals surface area contributed by atoms with E-state index >= 15 is 0 Å². The highest BCUT2D eigenvalue weighted by atomic mass is 32.2. The van der Waals surface area contributed by atoms with Gasteiger partial charge in [-0.3, -0.25) is 5.84 Å². The van der Waals surface area contributed by atoms with Crippen LogP contribution in [0.2, 0.25) is 0 Å². The molecule has 0 radical (unpaired) electrons. The van der Waals surface area contributed by atoms with Crippen LogP contribution >= 0.6 is 0 Å². The van der Waals surface area contributed by atoms with E-state index in [9.17, 15) is 8.42 Å². The predicted octanol–water partition coefficient (Wildman–Crippen LogP) is 1.61. The minimum absolute atomic E-state index is 0.0696. The molecule has 1 unspecified atom stereocenters. The van der Waals surface area contributed by atoms with Crippen LogP contribution in [0.4, 0.5) is 5.69 Å². The van der Waals surface area contributed by atoms with Gasteiger partial charge in [0.15, 0.2) is 5.03 Å². The first-order valence-corrected chi connectivity index (χ1v) is 7.93. The van der Waals surface area contributed by atoms with Crippen LogP contribution in [0.15, 0.2) is 23.4 Å². The molecular formula is C12H22N4O2S. The molecule has 0 saturated heterocycles. The minimum Gasteiger partial charge on any atom is -0.321 e. The molecule has 0 aliphatic carbocycles. The van der Waals surface area contributed by atoms with Gasteiger partial charge in [-0.15, -0.1) is 0 Å². The van der Waals surface area contributed by atoms with Crippen molar-refractivity contribution in [2.24, 2.45) is 5.84 Å². The number of hydrogen-bond acceptors (Lipinski definition) is 5. The standard InChI is InChI=1S/C12H22N4O2S/c1-3-4-5-7-10(2)16-19(17,18)12-11(15-13)8-6-9-14-12/h6,8-10,15-16H,3-5,7,13H2,1-2H3. The molecule has 1 aromatic rings. The van der Waals surface area contributed by atoms with Crippen LogP contribution in [0.3, 0.4) is 0 Å². The van der Waals surface area contributed by atoms with Crippen molar-refractivity contribution in [1.82, 2.24) is 9.71 Å². The van der Waals surface area contributed by atoms with E-state index in [0.717, 1.165) is 25.7 Å². The quantitative estimate of drug-likeness (QED) is 0.383. The monoisotopic (exact) mass is 286 g/mol. The molecule has 0 aliphatic rings. The van der Waals surface area contributed by atoms with Crippen molar-refractivity contribution in [3.8, 4) is 0 Å². The Bertz CT molecular complexity index is 490. The molecule has 1 aromatic heterocycles. The number of pyridine rings is 1. The van der Waals surface area contributed by atoms with Gasteiger partial charge in [-0.25, -0.2) is 18.1 Å². The number of hydrazine groups is 1. The number of sulfonamides is 1. The van der Waals surface area contributed by atoms with Crippen molar-refractivity contribution in [2.75, 3.05) is 5.43 Å². The Morgan fingerprint density at radius 2 is 2.16 bits per heavy atom. The summed E-state index contributed by atoms with van der Waals surface area (Å²) >= 11 is 0. The number of unbranched alkanes of at least 4 members (excludes halogenated alkanes) is 2. The third kappa shape index (κ3) is 4.77. The molecule has 6 nitrogen and oxygen atoms in total. The first kappa shape index (κ1) is 15.9. The van der Waals surface area contributed by atoms with Crippen molar-refractivity contribution in [2.45, 2.75) is 50.6 Å². The number of nitrogens with one attached hydrogen (secondary N) is 2. The molecule has 108 valence electrons. The normalized spacial score (nSPS) is 13.2. The molecule has 1 rings (SSSR count). The molecule has 0 spiro atoms. The summed E-state index contributed by atoms with van der Waals surface area (Å²) in [7, 11) is -3.64. The summed E-state index contributed by atoms with van der Waals surface area (Å²) in [6.45, 7) is 3.97. The molecule has 7 heteroatoms. The molecule has 0 bridgehead atoms. The summed E-state index contributed by atoms with van der Waals surface area (Å²) in [6.07, 6.45) is 5.46. The van der Waals surface area contributed by atoms with Crippen molar-refractivity contribution in [1.29, 1.82) is 0 Å². The Labute approximate surface area is 114 Å². The molecule has 0 fully saturated rings. The topological polar surface area (TPSA) is 97.1 Å². The maximum absolute atomic E-state index is 12.2. The van der Waals surface area contributed by atoms with Crippen molar-refractivity contribution < 1.29 is 8.42 Å². The number of rotatable bonds is 8. The Hall–Kier alpha value is -1.18. The second-order valence-electron chi connectivity index (χ2n) is 4.52. The second-order valence-corrected chi connectivity index (χ2v) is 6.15. The highest BCUT2D eigenvalue weighted by Gasteiger charge is 2.21. The molecule has 4 N–H and O–H groups in total. The van der Waals surface area contributed by atoms with E-state index in [1.807, 2.05) is 6.92 Å². The van der Waals surface area contributed by atoms with E-state index in [1.165, 1.54) is 6.20 Å². The zero-order valence-corrected chi connectivity index (χ0v) is 12.2. The van der Waals surface area contributed by atoms with E-state index in [4.69, 9.17) is 5.84 Å². The van der Waals surface area contributed by atoms with E-state index in [2.05, 4.69) is 22.1 Å². The van der Waals surface area contributed by atoms with Gasteiger partial charge in [-0.1, -0.05) is 26.2 Å². The van der Waals surface area contributed by atoms with E-state index < -0.39 is 10.0 Å². The van der Waals surface area contributed by atoms with Crippen LogP contribution in [0.25, 0.3) is 0 Å². The highest BCUT2D eigenvalue weighted by Crippen LogP contribution is 2.17. The summed E-state index contributed by atoms with van der Waals surface area (Å²) < 4.78 is 27.0. The van der Waals surface area contributed by atoms with Gasteiger partial charge >= 0.3 is 0 Å². The lowest BCUT2D eigenvalue weighted by Gasteiger charge is -2.15. The maximum atomic E-state index is 12.2. The smallest absolute Gasteiger partial charge is 0.260 e. The molecule has 1 heterocycles. The number of aromatic nitrogens is 1. The van der Waals surface area contributed by atoms with Crippen molar-refractivity contribution >= 4 is 15.7 Å². The highest BCUT2D eigenvalue weighted by molar-refractivity contribution is 7.89. The Kier molecular flexibility index (Phi) is 6.20. The summed E-state index contributed by atoms with van der Waals surface area (Å²) in [6, 6.07) is 3.08. The average molecular weight is 286 g/mol. The molecular weight excluding hydrogens is 264 g/mol. The Morgan fingerprint density at radius 3 is 2.79 bits per heavy atom. The molecule has 19 heavy (non-hydrogen) atoms. The second kappa shape index (κ2) is 7.42. The first-order valence-electron chi connectivity index (χ1n) is 6.45. The van der Waals surface area contributed by atoms with Crippen LogP contribution in [-0.2, 0) is 10.0 Å². The van der Waals surface area contributed by atoms with E-state index in [-0.39, 0.29) is 16.8 Å². The minimum atomic E-state index is -3.64. The van der Waals surface area contributed by atoms with Crippen LogP contribution < -0.4 is 16.0 Å². The van der Waals surface area contributed by atoms with Gasteiger partial charge in [0, 0.05) is 12.2 Å². The van der Waals surface area contributed by atoms with Crippen molar-refractivity contribution in [3.05, 3.63) is 18.3 Å². The number of anilines is 1. The third-order valence-corrected chi connectivity index (χ3v) is 4.33. The molecule has 0 aliphatic heterocycles. The largest absolute Gasteiger partial charge is 0.321 e. The lowest BCUT2D eigenvalue weighted by molar-refractivity contribution is 0.525. The van der Waals surface area contributed by atoms with Gasteiger partial charge in [-0.05, 0) is 25.5 Å². The number of nitrogens with zero attached hydrogens (tertiary/aromatic N) is 1. The fourth-order valence-electron chi connectivity index (χ4n) is 1.79. The fraction of sp³-hybridized carbons (Fsp3) is 0.583. The lowest BCUT2D eigenvalue weighted by atomic mass is 10.1. The van der Waals surface area contributed by atoms with Crippen molar-refractivity contribution in [3.63, 3.8) is 0 Å². The number of nitrogens with two attached hydrogens (primary N) is 1. The van der Waals surface area contributed by atoms with Gasteiger partial charge in [0.05, 0.1) is 5.69 Å². The SMILES string of the molecule is CCCCCC(C)NS(=O)(=O)c1ncccc1NN. The van der Waals surface area contributed by atoms with Gasteiger partial charge < -0.3 is 5.43 Å². The first-order chi connectivity index (χ1) is 9.01. The number of nitrogen functional groups attached to an aromatic ring is 1. The molecule has 0 aromatic carbocycles. The number of hydrogen-bond donors (Lipinski definition) is 3. The van der Waals surface area contributed by atoms with E-state index in [1.54, 1.807) is 12.1 Å². The summed E-state index contributed by atoms with van der Waals surface area (Å²) in [5.41, 5.74) is 2.63. The molecule has 1 atom stereocenters. The fourth-order valence-corrected chi connectivity index (χ4v) is 3.17. The average Bonchev–Trinajstić information content (AvgIpc) is 2.38. The van der Waals surface area contributed by atoms with Crippen LogP contribution in [0.5, 0.6) is 0 Å². The maximum Gasteiger partial charge on any atom is 0.260 e.